The molecule has 0 aliphatic heterocycles. The molecule has 21 heavy (non-hydrogen) atoms. The van der Waals surface area contributed by atoms with Gasteiger partial charge in [-0.1, -0.05) is 39.0 Å². The molecule has 0 saturated heterocycles. The van der Waals surface area contributed by atoms with E-state index in [1.54, 1.807) is 10.9 Å². The zero-order valence-corrected chi connectivity index (χ0v) is 13.1. The van der Waals surface area contributed by atoms with Gasteiger partial charge in [-0.15, -0.1) is 0 Å². The molecule has 0 unspecified atom stereocenters. The average Bonchev–Trinajstić information content (AvgIpc) is 2.50. The van der Waals surface area contributed by atoms with Gasteiger partial charge >= 0.3 is 0 Å². The zero-order valence-electron chi connectivity index (χ0n) is 13.1. The summed E-state index contributed by atoms with van der Waals surface area (Å²) in [7, 11) is 0. The van der Waals surface area contributed by atoms with Crippen LogP contribution in [-0.4, -0.2) is 16.2 Å². The molecule has 4 nitrogen and oxygen atoms in total. The van der Waals surface area contributed by atoms with Crippen LogP contribution >= 0.6 is 0 Å². The summed E-state index contributed by atoms with van der Waals surface area (Å²) in [5.74, 6) is 0. The topological polar surface area (TPSA) is 46.9 Å². The van der Waals surface area contributed by atoms with Gasteiger partial charge in [-0.25, -0.2) is 9.66 Å². The van der Waals surface area contributed by atoms with E-state index in [9.17, 15) is 4.79 Å². The maximum absolute atomic E-state index is 12.2. The maximum Gasteiger partial charge on any atom is 0.273 e. The standard InChI is InChI=1S/C17H25N3O/c1-3-4-5-6-7-8-12-19-20-16-15(10-9-11-18-16)13-14(2)17(20)21/h9-11,13,19H,3-8,12H2,1-2H3. The Hall–Kier alpha value is -1.84. The van der Waals surface area contributed by atoms with Crippen LogP contribution in [0.3, 0.4) is 0 Å². The minimum absolute atomic E-state index is 0.00724. The normalized spacial score (nSPS) is 11.0. The van der Waals surface area contributed by atoms with Crippen molar-refractivity contribution < 1.29 is 0 Å². The zero-order chi connectivity index (χ0) is 15.1. The fourth-order valence-electron chi connectivity index (χ4n) is 2.52. The van der Waals surface area contributed by atoms with Crippen LogP contribution in [0.4, 0.5) is 0 Å². The number of fused-ring (bicyclic) bond motifs is 1. The number of aryl methyl sites for hydroxylation is 1. The molecule has 0 saturated carbocycles. The van der Waals surface area contributed by atoms with Crippen molar-refractivity contribution in [3.05, 3.63) is 40.3 Å². The average molecular weight is 287 g/mol. The van der Waals surface area contributed by atoms with Crippen molar-refractivity contribution in [1.82, 2.24) is 9.66 Å². The molecule has 0 aromatic carbocycles. The van der Waals surface area contributed by atoms with Gasteiger partial charge in [-0.2, -0.15) is 0 Å². The first-order valence-corrected chi connectivity index (χ1v) is 7.95. The molecule has 0 radical (unpaired) electrons. The highest BCUT2D eigenvalue weighted by molar-refractivity contribution is 5.75. The van der Waals surface area contributed by atoms with Crippen LogP contribution in [0.1, 0.15) is 51.0 Å². The largest absolute Gasteiger partial charge is 0.321 e. The summed E-state index contributed by atoms with van der Waals surface area (Å²) in [5, 5.41) is 0.991. The molecular weight excluding hydrogens is 262 g/mol. The van der Waals surface area contributed by atoms with Gasteiger partial charge in [0.25, 0.3) is 5.56 Å². The summed E-state index contributed by atoms with van der Waals surface area (Å²) in [6, 6.07) is 5.77. The van der Waals surface area contributed by atoms with E-state index in [0.717, 1.165) is 23.9 Å². The minimum atomic E-state index is -0.00724. The third kappa shape index (κ3) is 4.06. The van der Waals surface area contributed by atoms with Crippen LogP contribution in [0.15, 0.2) is 29.2 Å². The van der Waals surface area contributed by atoms with Gasteiger partial charge in [0.05, 0.1) is 0 Å². The van der Waals surface area contributed by atoms with Gasteiger partial charge in [-0.3, -0.25) is 4.79 Å². The smallest absolute Gasteiger partial charge is 0.273 e. The summed E-state index contributed by atoms with van der Waals surface area (Å²) in [6.07, 6.45) is 9.19. The van der Waals surface area contributed by atoms with Crippen molar-refractivity contribution in [2.24, 2.45) is 0 Å². The fraction of sp³-hybridized carbons (Fsp3) is 0.529. The minimum Gasteiger partial charge on any atom is -0.321 e. The van der Waals surface area contributed by atoms with E-state index in [-0.39, 0.29) is 5.56 Å². The van der Waals surface area contributed by atoms with E-state index in [2.05, 4.69) is 17.3 Å². The van der Waals surface area contributed by atoms with Gasteiger partial charge < -0.3 is 5.43 Å². The summed E-state index contributed by atoms with van der Waals surface area (Å²) in [5.41, 5.74) is 4.67. The SMILES string of the molecule is CCCCCCCCNn1c(=O)c(C)cc2cccnc21. The molecular formula is C17H25N3O. The molecule has 0 spiro atoms. The van der Waals surface area contributed by atoms with E-state index < -0.39 is 0 Å². The monoisotopic (exact) mass is 287 g/mol. The molecule has 4 heteroatoms. The van der Waals surface area contributed by atoms with Gasteiger partial charge in [0, 0.05) is 23.7 Å². The third-order valence-electron chi connectivity index (χ3n) is 3.74. The molecule has 114 valence electrons. The van der Waals surface area contributed by atoms with E-state index in [4.69, 9.17) is 0 Å². The number of aromatic nitrogens is 2. The van der Waals surface area contributed by atoms with Crippen LogP contribution < -0.4 is 11.0 Å². The predicted molar refractivity (Wildman–Crippen MR) is 88.3 cm³/mol. The summed E-state index contributed by atoms with van der Waals surface area (Å²) < 4.78 is 1.59. The fourth-order valence-corrected chi connectivity index (χ4v) is 2.52. The summed E-state index contributed by atoms with van der Waals surface area (Å²) >= 11 is 0. The highest BCUT2D eigenvalue weighted by Gasteiger charge is 2.06. The lowest BCUT2D eigenvalue weighted by Gasteiger charge is -2.12. The van der Waals surface area contributed by atoms with Crippen molar-refractivity contribution in [3.8, 4) is 0 Å². The van der Waals surface area contributed by atoms with Crippen LogP contribution in [0, 0.1) is 6.92 Å². The predicted octanol–water partition coefficient (Wildman–Crippen LogP) is 3.61. The lowest BCUT2D eigenvalue weighted by molar-refractivity contribution is 0.607. The second-order valence-corrected chi connectivity index (χ2v) is 5.56. The number of nitrogens with one attached hydrogen (secondary N) is 1. The second kappa shape index (κ2) is 7.81. The number of rotatable bonds is 8. The van der Waals surface area contributed by atoms with Crippen molar-refractivity contribution >= 4 is 11.0 Å². The van der Waals surface area contributed by atoms with Crippen molar-refractivity contribution in [2.75, 3.05) is 12.0 Å². The Balaban J connectivity index is 1.98. The Morgan fingerprint density at radius 1 is 1.19 bits per heavy atom. The highest BCUT2D eigenvalue weighted by atomic mass is 16.1. The van der Waals surface area contributed by atoms with Gasteiger partial charge in [0.2, 0.25) is 0 Å². The van der Waals surface area contributed by atoms with Gasteiger partial charge in [0.1, 0.15) is 0 Å². The second-order valence-electron chi connectivity index (χ2n) is 5.56. The first kappa shape index (κ1) is 15.5. The van der Waals surface area contributed by atoms with Crippen LogP contribution in [0.25, 0.3) is 11.0 Å². The number of hydrogen-bond acceptors (Lipinski definition) is 3. The molecule has 0 amide bonds. The number of pyridine rings is 2. The van der Waals surface area contributed by atoms with Gasteiger partial charge in [0.15, 0.2) is 5.65 Å². The van der Waals surface area contributed by atoms with Crippen LogP contribution in [-0.2, 0) is 0 Å². The molecule has 0 aliphatic carbocycles. The van der Waals surface area contributed by atoms with Crippen molar-refractivity contribution in [1.29, 1.82) is 0 Å². The molecule has 0 atom stereocenters. The number of nitrogens with zero attached hydrogens (tertiary/aromatic N) is 2. The van der Waals surface area contributed by atoms with E-state index in [1.807, 2.05) is 25.1 Å². The first-order chi connectivity index (χ1) is 10.2. The summed E-state index contributed by atoms with van der Waals surface area (Å²) in [4.78, 5) is 16.6. The Kier molecular flexibility index (Phi) is 5.78. The Bertz CT molecular complexity index is 633. The summed E-state index contributed by atoms with van der Waals surface area (Å²) in [6.45, 7) is 4.88. The van der Waals surface area contributed by atoms with Crippen LogP contribution in [0.5, 0.6) is 0 Å². The first-order valence-electron chi connectivity index (χ1n) is 7.95. The van der Waals surface area contributed by atoms with E-state index in [0.29, 0.717) is 5.65 Å². The Morgan fingerprint density at radius 3 is 2.76 bits per heavy atom. The molecule has 2 rings (SSSR count). The Labute approximate surface area is 126 Å². The number of hydrogen-bond donors (Lipinski definition) is 1. The Morgan fingerprint density at radius 2 is 1.95 bits per heavy atom. The van der Waals surface area contributed by atoms with E-state index >= 15 is 0 Å². The van der Waals surface area contributed by atoms with Gasteiger partial charge in [-0.05, 0) is 31.5 Å². The van der Waals surface area contributed by atoms with Crippen molar-refractivity contribution in [2.45, 2.75) is 52.4 Å². The van der Waals surface area contributed by atoms with Crippen molar-refractivity contribution in [3.63, 3.8) is 0 Å². The highest BCUT2D eigenvalue weighted by Crippen LogP contribution is 2.09. The third-order valence-corrected chi connectivity index (χ3v) is 3.74. The number of unbranched alkanes of at least 4 members (excludes halogenated alkanes) is 5. The molecule has 2 heterocycles. The molecule has 2 aromatic rings. The quantitative estimate of drug-likeness (QED) is 0.754. The molecule has 0 bridgehead atoms. The van der Waals surface area contributed by atoms with Crippen LogP contribution in [0.2, 0.25) is 0 Å². The molecule has 0 aliphatic rings. The lowest BCUT2D eigenvalue weighted by atomic mass is 10.1. The molecule has 1 N–H and O–H groups in total. The molecule has 2 aromatic heterocycles. The lowest BCUT2D eigenvalue weighted by Crippen LogP contribution is -2.31. The maximum atomic E-state index is 12.2. The van der Waals surface area contributed by atoms with E-state index in [1.165, 1.54) is 32.1 Å². The molecule has 0 fully saturated rings.